The standard InChI is InChI=1S/C11H12N2O2.C9H11NO3.C9H11NO2.4C6H14N4O2/c12-9(11(14)15)5-7-6-13-10-4-2-1-3-8(7)10;10-8(9(12)13)5-6-1-3-7(11)4-2-6;10-8(9(11)12)6-7-4-2-1-3-5-7;4*7-4(5(11)12)2-1-3-10-6(8)9/h1-4,6,9,13H,5,12H2,(H,14,15);1-4,8,11H,5,10H2,(H,12,13);1-5,8H,6,10H2,(H,11,12);4*4H,1-3,7H2,(H,11,12)(H4,8,9,10). The van der Waals surface area contributed by atoms with E-state index in [0.717, 1.165) is 27.6 Å². The zero-order valence-corrected chi connectivity index (χ0v) is 48.5. The third kappa shape index (κ3) is 46.5. The fraction of sp³-hybridized carbons (Fsp3) is 0.415. The Bertz CT molecular complexity index is 2570. The molecule has 1 aromatic heterocycles. The molecule has 0 saturated carbocycles. The average molecular weight is 1250 g/mol. The number of aromatic amines is 1. The summed E-state index contributed by atoms with van der Waals surface area (Å²) in [5.41, 5.74) is 60.7. The number of nitrogens with one attached hydrogen (secondary N) is 9. The minimum atomic E-state index is -1.02. The maximum absolute atomic E-state index is 10.6. The molecule has 7 atom stereocenters. The predicted octanol–water partition coefficient (Wildman–Crippen LogP) is -3.24. The molecule has 35 heteroatoms. The number of benzene rings is 3. The van der Waals surface area contributed by atoms with Crippen LogP contribution in [0.5, 0.6) is 5.75 Å². The Morgan fingerprint density at radius 3 is 0.955 bits per heavy atom. The van der Waals surface area contributed by atoms with E-state index in [0.29, 0.717) is 90.4 Å². The Morgan fingerprint density at radius 2 is 0.659 bits per heavy atom. The number of carboxylic acid groups (broad SMARTS) is 7. The lowest BCUT2D eigenvalue weighted by atomic mass is 10.1. The van der Waals surface area contributed by atoms with Crippen molar-refractivity contribution in [3.8, 4) is 5.75 Å². The van der Waals surface area contributed by atoms with Gasteiger partial charge in [0.15, 0.2) is 23.8 Å². The van der Waals surface area contributed by atoms with Crippen LogP contribution < -0.4 is 84.3 Å². The molecule has 7 unspecified atom stereocenters. The molecule has 0 spiro atoms. The number of aliphatic carboxylic acids is 7. The number of rotatable bonds is 29. The SMILES string of the molecule is N=C(N)NCCCC(N)C(=O)O.N=C(N)NCCCC(N)C(=O)O.N=C(N)NCCCC(N)C(=O)O.N=C(N)NCCCC(N)C(=O)O.NC(Cc1c[nH]c2ccccc12)C(=O)O.NC(Cc1ccc(O)cc1)C(=O)O.NC(Cc1ccccc1)C(=O)O. The first-order valence-corrected chi connectivity index (χ1v) is 26.7. The molecule has 0 aliphatic carbocycles. The van der Waals surface area contributed by atoms with E-state index in [1.807, 2.05) is 60.8 Å². The van der Waals surface area contributed by atoms with Crippen molar-refractivity contribution in [2.75, 3.05) is 26.2 Å². The van der Waals surface area contributed by atoms with E-state index in [1.54, 1.807) is 12.1 Å². The Morgan fingerprint density at radius 1 is 0.386 bits per heavy atom. The Labute approximate surface area is 507 Å². The summed E-state index contributed by atoms with van der Waals surface area (Å²) >= 11 is 0. The number of carboxylic acids is 7. The van der Waals surface area contributed by atoms with Gasteiger partial charge in [-0.15, -0.1) is 0 Å². The molecule has 3 aromatic carbocycles. The minimum absolute atomic E-state index is 0.112. The van der Waals surface area contributed by atoms with Crippen LogP contribution in [0.3, 0.4) is 0 Å². The molecule has 4 rings (SSSR count). The van der Waals surface area contributed by atoms with Crippen LogP contribution >= 0.6 is 0 Å². The number of fused-ring (bicyclic) bond motifs is 1. The highest BCUT2D eigenvalue weighted by Crippen LogP contribution is 2.19. The first-order valence-electron chi connectivity index (χ1n) is 26.7. The van der Waals surface area contributed by atoms with E-state index in [1.165, 1.54) is 12.1 Å². The fourth-order valence-corrected chi connectivity index (χ4v) is 6.23. The van der Waals surface area contributed by atoms with E-state index in [-0.39, 0.29) is 36.0 Å². The summed E-state index contributed by atoms with van der Waals surface area (Å²) in [5.74, 6) is -7.25. The van der Waals surface area contributed by atoms with Crippen molar-refractivity contribution in [3.05, 3.63) is 102 Å². The normalized spacial score (nSPS) is 12.3. The van der Waals surface area contributed by atoms with Crippen LogP contribution in [0.1, 0.15) is 68.1 Å². The van der Waals surface area contributed by atoms with Crippen molar-refractivity contribution in [2.45, 2.75) is 113 Å². The Kier molecular flexibility index (Phi) is 45.2. The first kappa shape index (κ1) is 82.3. The summed E-state index contributed by atoms with van der Waals surface area (Å²) in [5, 5.41) is 107. The molecule has 4 aromatic rings. The summed E-state index contributed by atoms with van der Waals surface area (Å²) in [6.07, 6.45) is 6.72. The van der Waals surface area contributed by atoms with E-state index >= 15 is 0 Å². The number of nitrogens with two attached hydrogens (primary N) is 11. The van der Waals surface area contributed by atoms with Gasteiger partial charge in [-0.05, 0) is 99.1 Å². The highest BCUT2D eigenvalue weighted by molar-refractivity contribution is 5.84. The molecular formula is C53H90N20O15. The van der Waals surface area contributed by atoms with Crippen LogP contribution in [-0.4, -0.2) is 180 Å². The van der Waals surface area contributed by atoms with Gasteiger partial charge in [0.25, 0.3) is 0 Å². The molecule has 0 fully saturated rings. The average Bonchev–Trinajstić information content (AvgIpc) is 3.60. The number of hydrogen-bond donors (Lipinski definition) is 28. The number of H-pyrrole nitrogens is 1. The van der Waals surface area contributed by atoms with Gasteiger partial charge in [-0.25, -0.2) is 0 Å². The van der Waals surface area contributed by atoms with Crippen LogP contribution in [0.4, 0.5) is 0 Å². The van der Waals surface area contributed by atoms with Crippen molar-refractivity contribution in [3.63, 3.8) is 0 Å². The number of carbonyl (C=O) groups is 7. The second-order valence-electron chi connectivity index (χ2n) is 18.7. The van der Waals surface area contributed by atoms with Crippen LogP contribution in [0.15, 0.2) is 85.1 Å². The summed E-state index contributed by atoms with van der Waals surface area (Å²) in [6, 6.07) is 17.6. The lowest BCUT2D eigenvalue weighted by Gasteiger charge is -2.06. The van der Waals surface area contributed by atoms with Crippen molar-refractivity contribution in [1.29, 1.82) is 21.6 Å². The smallest absolute Gasteiger partial charge is 0.320 e. The summed E-state index contributed by atoms with van der Waals surface area (Å²) in [7, 11) is 0. The topological polar surface area (TPSA) is 727 Å². The zero-order valence-electron chi connectivity index (χ0n) is 48.5. The van der Waals surface area contributed by atoms with E-state index in [2.05, 4.69) is 26.3 Å². The molecular weight excluding hydrogens is 1160 g/mol. The fourth-order valence-electron chi connectivity index (χ4n) is 6.23. The van der Waals surface area contributed by atoms with Crippen molar-refractivity contribution in [1.82, 2.24) is 26.3 Å². The summed E-state index contributed by atoms with van der Waals surface area (Å²) < 4.78 is 0. The van der Waals surface area contributed by atoms with Gasteiger partial charge in [0.1, 0.15) is 48.0 Å². The summed E-state index contributed by atoms with van der Waals surface area (Å²) in [4.78, 5) is 75.3. The van der Waals surface area contributed by atoms with Crippen molar-refractivity contribution in [2.24, 2.45) is 63.1 Å². The maximum atomic E-state index is 10.6. The molecule has 0 radical (unpaired) electrons. The van der Waals surface area contributed by atoms with Gasteiger partial charge in [-0.1, -0.05) is 60.7 Å². The molecule has 1 heterocycles. The number of aromatic hydroxyl groups is 1. The third-order valence-electron chi connectivity index (χ3n) is 11.1. The molecule has 39 N–H and O–H groups in total. The van der Waals surface area contributed by atoms with Crippen LogP contribution in [0, 0.1) is 21.6 Å². The largest absolute Gasteiger partial charge is 0.508 e. The Hall–Kier alpha value is -9.91. The van der Waals surface area contributed by atoms with Gasteiger partial charge < -0.3 is 130 Å². The van der Waals surface area contributed by atoms with Crippen LogP contribution in [0.2, 0.25) is 0 Å². The van der Waals surface area contributed by atoms with Crippen molar-refractivity contribution >= 4 is 76.5 Å². The monoisotopic (exact) mass is 1250 g/mol. The van der Waals surface area contributed by atoms with Crippen LogP contribution in [-0.2, 0) is 52.8 Å². The summed E-state index contributed by atoms with van der Waals surface area (Å²) in [6.45, 7) is 1.93. The maximum Gasteiger partial charge on any atom is 0.320 e. The number of aromatic nitrogens is 1. The second-order valence-corrected chi connectivity index (χ2v) is 18.7. The quantitative estimate of drug-likeness (QED) is 0.0144. The van der Waals surface area contributed by atoms with E-state index < -0.39 is 84.1 Å². The van der Waals surface area contributed by atoms with Gasteiger partial charge in [0.05, 0.1) is 0 Å². The second kappa shape index (κ2) is 48.3. The van der Waals surface area contributed by atoms with Crippen molar-refractivity contribution < 1.29 is 74.4 Å². The zero-order chi connectivity index (χ0) is 67.9. The van der Waals surface area contributed by atoms with Crippen LogP contribution in [0.25, 0.3) is 10.9 Å². The van der Waals surface area contributed by atoms with Gasteiger partial charge in [0.2, 0.25) is 0 Å². The van der Waals surface area contributed by atoms with Gasteiger partial charge in [-0.3, -0.25) is 55.2 Å². The molecule has 88 heavy (non-hydrogen) atoms. The molecule has 35 nitrogen and oxygen atoms in total. The minimum Gasteiger partial charge on any atom is -0.508 e. The predicted molar refractivity (Wildman–Crippen MR) is 330 cm³/mol. The van der Waals surface area contributed by atoms with E-state index in [4.69, 9.17) is 126 Å². The molecule has 0 aliphatic heterocycles. The van der Waals surface area contributed by atoms with Gasteiger partial charge >= 0.3 is 41.8 Å². The first-order chi connectivity index (χ1) is 41.1. The third-order valence-corrected chi connectivity index (χ3v) is 11.1. The number of para-hydroxylation sites is 1. The van der Waals surface area contributed by atoms with Gasteiger partial charge in [0, 0.05) is 49.7 Å². The number of hydrogen-bond acceptors (Lipinski definition) is 19. The molecule has 492 valence electrons. The lowest BCUT2D eigenvalue weighted by molar-refractivity contribution is -0.139. The molecule has 0 amide bonds. The van der Waals surface area contributed by atoms with E-state index in [9.17, 15) is 33.6 Å². The number of phenolic OH excluding ortho intramolecular Hbond substituents is 1. The lowest BCUT2D eigenvalue weighted by Crippen LogP contribution is -2.34. The number of phenols is 1. The molecule has 0 saturated heterocycles. The van der Waals surface area contributed by atoms with Gasteiger partial charge in [-0.2, -0.15) is 0 Å². The Balaban J connectivity index is -0.000000960. The number of guanidine groups is 4. The molecule has 0 aliphatic rings. The molecule has 0 bridgehead atoms. The highest BCUT2D eigenvalue weighted by atomic mass is 16.4. The highest BCUT2D eigenvalue weighted by Gasteiger charge is 2.16.